The molecule has 2 unspecified atom stereocenters. The van der Waals surface area contributed by atoms with Gasteiger partial charge in [0.25, 0.3) is 0 Å². The van der Waals surface area contributed by atoms with Crippen molar-refractivity contribution in [2.24, 2.45) is 5.92 Å². The van der Waals surface area contributed by atoms with Gasteiger partial charge in [0, 0.05) is 0 Å². The van der Waals surface area contributed by atoms with Crippen LogP contribution in [0.15, 0.2) is 24.3 Å². The van der Waals surface area contributed by atoms with Gasteiger partial charge in [-0.25, -0.2) is 0 Å². The first-order valence-electron chi connectivity index (χ1n) is 5.32. The Labute approximate surface area is 81.8 Å². The smallest absolute Gasteiger partial charge is 0.0887 e. The van der Waals surface area contributed by atoms with Crippen molar-refractivity contribution in [2.45, 2.75) is 32.1 Å². The van der Waals surface area contributed by atoms with Crippen LogP contribution in [0.3, 0.4) is 0 Å². The van der Waals surface area contributed by atoms with E-state index in [1.807, 2.05) is 0 Å². The molecular weight excluding hydrogens is 155 g/mol. The first-order valence-corrected chi connectivity index (χ1v) is 5.32. The van der Waals surface area contributed by atoms with E-state index < -0.39 is 0 Å². The van der Waals surface area contributed by atoms with Gasteiger partial charge < -0.3 is 0 Å². The van der Waals surface area contributed by atoms with Gasteiger partial charge >= 0.3 is 0 Å². The van der Waals surface area contributed by atoms with Gasteiger partial charge in [-0.15, -0.1) is 0 Å². The number of hydrogen-bond acceptors (Lipinski definition) is 0. The van der Waals surface area contributed by atoms with Gasteiger partial charge in [-0.1, -0.05) is 43.1 Å². The summed E-state index contributed by atoms with van der Waals surface area (Å²) >= 11 is 0. The summed E-state index contributed by atoms with van der Waals surface area (Å²) in [6.07, 6.45) is 4.20. The Hall–Kier alpha value is -0.715. The van der Waals surface area contributed by atoms with E-state index in [1.165, 1.54) is 24.7 Å². The zero-order valence-corrected chi connectivity index (χ0v) is 8.59. The topological polar surface area (TPSA) is 0 Å². The molecule has 0 nitrogen and oxygen atoms in total. The van der Waals surface area contributed by atoms with Crippen LogP contribution >= 0.6 is 0 Å². The third-order valence-electron chi connectivity index (χ3n) is 3.21. The molecule has 13 heavy (non-hydrogen) atoms. The van der Waals surface area contributed by atoms with E-state index >= 15 is 0 Å². The fourth-order valence-corrected chi connectivity index (χ4v) is 2.43. The summed E-state index contributed by atoms with van der Waals surface area (Å²) in [6.45, 7) is 2.37. The summed E-state index contributed by atoms with van der Waals surface area (Å²) in [5.41, 5.74) is 2.96. The Morgan fingerprint density at radius 2 is 2.15 bits per heavy atom. The molecule has 0 aliphatic heterocycles. The summed E-state index contributed by atoms with van der Waals surface area (Å²) in [7, 11) is 2.18. The zero-order chi connectivity index (χ0) is 9.26. The van der Waals surface area contributed by atoms with Crippen LogP contribution in [0, 0.1) is 5.92 Å². The Kier molecular flexibility index (Phi) is 2.43. The number of hydrogen-bond donors (Lipinski definition) is 0. The van der Waals surface area contributed by atoms with Gasteiger partial charge in [0.05, 0.1) is 0 Å². The van der Waals surface area contributed by atoms with Crippen LogP contribution in [0.2, 0.25) is 0 Å². The normalized spacial score (nSPS) is 27.8. The van der Waals surface area contributed by atoms with E-state index in [0.29, 0.717) is 0 Å². The van der Waals surface area contributed by atoms with Crippen molar-refractivity contribution in [3.05, 3.63) is 29.8 Å². The minimum Gasteiger partial charge on any atom is -0.0887 e. The fourth-order valence-electron chi connectivity index (χ4n) is 2.43. The lowest BCUT2D eigenvalue weighted by molar-refractivity contribution is 0.596. The summed E-state index contributed by atoms with van der Waals surface area (Å²) in [5, 5.41) is 0. The Morgan fingerprint density at radius 3 is 2.77 bits per heavy atom. The van der Waals surface area contributed by atoms with E-state index in [4.69, 9.17) is 0 Å². The minimum absolute atomic E-state index is 0.842. The van der Waals surface area contributed by atoms with Crippen LogP contribution in [-0.2, 0) is 0 Å². The first-order chi connectivity index (χ1) is 6.25. The maximum Gasteiger partial charge on any atom is 0.139 e. The molecular formula is C12H17B. The van der Waals surface area contributed by atoms with Crippen LogP contribution in [0.5, 0.6) is 0 Å². The van der Waals surface area contributed by atoms with Gasteiger partial charge in [0.15, 0.2) is 0 Å². The monoisotopic (exact) mass is 172 g/mol. The highest BCUT2D eigenvalue weighted by Gasteiger charge is 2.22. The van der Waals surface area contributed by atoms with Crippen LogP contribution in [0.4, 0.5) is 0 Å². The molecule has 1 aliphatic rings. The molecule has 2 rings (SSSR count). The Balaban J connectivity index is 2.16. The molecule has 0 aromatic heterocycles. The second-order valence-electron chi connectivity index (χ2n) is 4.53. The summed E-state index contributed by atoms with van der Waals surface area (Å²) in [5.74, 6) is 1.78. The molecule has 0 saturated heterocycles. The zero-order valence-electron chi connectivity index (χ0n) is 8.59. The van der Waals surface area contributed by atoms with E-state index in [0.717, 1.165) is 11.8 Å². The molecule has 0 amide bonds. The SMILES string of the molecule is Bc1cccc(C2CCC(C)C2)c1. The van der Waals surface area contributed by atoms with Crippen molar-refractivity contribution in [3.63, 3.8) is 0 Å². The lowest BCUT2D eigenvalue weighted by atomic mass is 9.89. The highest BCUT2D eigenvalue weighted by Crippen LogP contribution is 2.37. The number of benzene rings is 1. The van der Waals surface area contributed by atoms with E-state index in [-0.39, 0.29) is 0 Å². The highest BCUT2D eigenvalue weighted by atomic mass is 14.3. The molecule has 0 bridgehead atoms. The van der Waals surface area contributed by atoms with Gasteiger partial charge in [0.1, 0.15) is 7.85 Å². The molecule has 1 heteroatoms. The molecule has 68 valence electrons. The summed E-state index contributed by atoms with van der Waals surface area (Å²) in [4.78, 5) is 0. The molecule has 0 spiro atoms. The van der Waals surface area contributed by atoms with Crippen LogP contribution in [-0.4, -0.2) is 7.85 Å². The van der Waals surface area contributed by atoms with Crippen molar-refractivity contribution in [2.75, 3.05) is 0 Å². The number of rotatable bonds is 1. The van der Waals surface area contributed by atoms with E-state index in [1.54, 1.807) is 5.56 Å². The average Bonchev–Trinajstić information content (AvgIpc) is 2.52. The fraction of sp³-hybridized carbons (Fsp3) is 0.500. The van der Waals surface area contributed by atoms with Crippen molar-refractivity contribution < 1.29 is 0 Å². The molecule has 2 atom stereocenters. The standard InChI is InChI=1S/C12H17B/c1-9-5-6-11(7-9)10-3-2-4-12(13)8-10/h2-4,8-9,11H,5-7,13H2,1H3. The molecule has 1 fully saturated rings. The quantitative estimate of drug-likeness (QED) is 0.567. The third-order valence-corrected chi connectivity index (χ3v) is 3.21. The molecule has 0 radical (unpaired) electrons. The molecule has 1 aromatic carbocycles. The lowest BCUT2D eigenvalue weighted by Crippen LogP contribution is -2.04. The average molecular weight is 172 g/mol. The molecule has 0 N–H and O–H groups in total. The maximum absolute atomic E-state index is 2.37. The van der Waals surface area contributed by atoms with Gasteiger partial charge in [-0.2, -0.15) is 0 Å². The maximum atomic E-state index is 2.37. The Morgan fingerprint density at radius 1 is 1.31 bits per heavy atom. The van der Waals surface area contributed by atoms with Crippen LogP contribution < -0.4 is 5.46 Å². The summed E-state index contributed by atoms with van der Waals surface area (Å²) in [6, 6.07) is 9.01. The van der Waals surface area contributed by atoms with Crippen molar-refractivity contribution >= 4 is 13.3 Å². The van der Waals surface area contributed by atoms with E-state index in [9.17, 15) is 0 Å². The second-order valence-corrected chi connectivity index (χ2v) is 4.53. The lowest BCUT2D eigenvalue weighted by Gasteiger charge is -2.10. The molecule has 1 aliphatic carbocycles. The first kappa shape index (κ1) is 8.86. The van der Waals surface area contributed by atoms with E-state index in [2.05, 4.69) is 39.0 Å². The predicted octanol–water partition coefficient (Wildman–Crippen LogP) is 1.85. The highest BCUT2D eigenvalue weighted by molar-refractivity contribution is 6.32. The summed E-state index contributed by atoms with van der Waals surface area (Å²) < 4.78 is 0. The molecule has 1 saturated carbocycles. The van der Waals surface area contributed by atoms with Crippen molar-refractivity contribution in [1.82, 2.24) is 0 Å². The van der Waals surface area contributed by atoms with Gasteiger partial charge in [-0.3, -0.25) is 0 Å². The third kappa shape index (κ3) is 1.96. The van der Waals surface area contributed by atoms with Gasteiger partial charge in [0.2, 0.25) is 0 Å². The van der Waals surface area contributed by atoms with Crippen molar-refractivity contribution in [1.29, 1.82) is 0 Å². The molecule has 0 heterocycles. The van der Waals surface area contributed by atoms with Crippen LogP contribution in [0.1, 0.15) is 37.7 Å². The largest absolute Gasteiger partial charge is 0.139 e. The second kappa shape index (κ2) is 3.57. The molecule has 1 aromatic rings. The predicted molar refractivity (Wildman–Crippen MR) is 60.4 cm³/mol. The van der Waals surface area contributed by atoms with Gasteiger partial charge in [-0.05, 0) is 30.2 Å². The van der Waals surface area contributed by atoms with Crippen molar-refractivity contribution in [3.8, 4) is 0 Å². The minimum atomic E-state index is 0.842. The van der Waals surface area contributed by atoms with Crippen LogP contribution in [0.25, 0.3) is 0 Å². The Bertz CT molecular complexity index is 293.